The van der Waals surface area contributed by atoms with Crippen molar-refractivity contribution in [2.75, 3.05) is 0 Å². The Bertz CT molecular complexity index is 466. The average Bonchev–Trinajstić information content (AvgIpc) is 2.78. The van der Waals surface area contributed by atoms with Crippen molar-refractivity contribution < 1.29 is 0 Å². The summed E-state index contributed by atoms with van der Waals surface area (Å²) < 4.78 is 0. The van der Waals surface area contributed by atoms with Gasteiger partial charge in [0.05, 0.1) is 0 Å². The van der Waals surface area contributed by atoms with Crippen LogP contribution in [-0.2, 0) is 0 Å². The molecule has 0 radical (unpaired) electrons. The van der Waals surface area contributed by atoms with Gasteiger partial charge < -0.3 is 4.90 Å². The third kappa shape index (κ3) is 1.37. The molecule has 17 heavy (non-hydrogen) atoms. The molecule has 2 heterocycles. The summed E-state index contributed by atoms with van der Waals surface area (Å²) in [5, 5.41) is 3.83. The Labute approximate surface area is 102 Å². The van der Waals surface area contributed by atoms with Crippen molar-refractivity contribution >= 4 is 6.08 Å². The van der Waals surface area contributed by atoms with Gasteiger partial charge in [-0.25, -0.2) is 0 Å². The number of hydrogen-bond acceptors (Lipinski definition) is 2. The lowest BCUT2D eigenvalue weighted by Crippen LogP contribution is -2.36. The molecule has 4 rings (SSSR count). The zero-order valence-electron chi connectivity index (χ0n) is 9.97. The number of nitrogens with one attached hydrogen (secondary N) is 1. The SMILES string of the molecule is C1=CN2C(NC3CCCCC32)c2ccccc21. The van der Waals surface area contributed by atoms with Crippen molar-refractivity contribution in [2.45, 2.75) is 43.9 Å². The molecule has 3 unspecified atom stereocenters. The lowest BCUT2D eigenvalue weighted by atomic mass is 9.91. The second kappa shape index (κ2) is 3.61. The molecule has 3 aliphatic rings. The summed E-state index contributed by atoms with van der Waals surface area (Å²) in [4.78, 5) is 2.55. The molecule has 0 amide bonds. The highest BCUT2D eigenvalue weighted by molar-refractivity contribution is 5.57. The smallest absolute Gasteiger partial charge is 0.106 e. The molecule has 1 N–H and O–H groups in total. The van der Waals surface area contributed by atoms with Crippen molar-refractivity contribution in [3.05, 3.63) is 41.6 Å². The van der Waals surface area contributed by atoms with Gasteiger partial charge in [-0.1, -0.05) is 37.1 Å². The van der Waals surface area contributed by atoms with Crippen LogP contribution in [0, 0.1) is 0 Å². The molecular weight excluding hydrogens is 208 g/mol. The quantitative estimate of drug-likeness (QED) is 0.731. The maximum Gasteiger partial charge on any atom is 0.106 e. The Morgan fingerprint density at radius 3 is 3.00 bits per heavy atom. The van der Waals surface area contributed by atoms with Crippen LogP contribution in [0.3, 0.4) is 0 Å². The zero-order valence-corrected chi connectivity index (χ0v) is 9.97. The molecule has 1 saturated heterocycles. The van der Waals surface area contributed by atoms with Gasteiger partial charge >= 0.3 is 0 Å². The minimum atomic E-state index is 0.421. The Kier molecular flexibility index (Phi) is 2.06. The molecule has 0 aromatic heterocycles. The van der Waals surface area contributed by atoms with Gasteiger partial charge in [0.1, 0.15) is 6.17 Å². The fourth-order valence-corrected chi connectivity index (χ4v) is 3.67. The molecule has 88 valence electrons. The third-order valence-electron chi connectivity index (χ3n) is 4.50. The Balaban J connectivity index is 1.75. The van der Waals surface area contributed by atoms with Crippen LogP contribution in [0.15, 0.2) is 30.5 Å². The van der Waals surface area contributed by atoms with Gasteiger partial charge in [-0.3, -0.25) is 5.32 Å². The highest BCUT2D eigenvalue weighted by atomic mass is 15.4. The number of benzene rings is 1. The average molecular weight is 226 g/mol. The summed E-state index contributed by atoms with van der Waals surface area (Å²) in [5.74, 6) is 0. The van der Waals surface area contributed by atoms with Crippen molar-refractivity contribution in [3.63, 3.8) is 0 Å². The molecule has 2 fully saturated rings. The second-order valence-electron chi connectivity index (χ2n) is 5.42. The van der Waals surface area contributed by atoms with Crippen molar-refractivity contribution in [2.24, 2.45) is 0 Å². The predicted molar refractivity (Wildman–Crippen MR) is 69.2 cm³/mol. The van der Waals surface area contributed by atoms with E-state index in [9.17, 15) is 0 Å². The Morgan fingerprint density at radius 2 is 2.00 bits per heavy atom. The van der Waals surface area contributed by atoms with E-state index in [0.29, 0.717) is 12.2 Å². The van der Waals surface area contributed by atoms with Crippen molar-refractivity contribution in [1.82, 2.24) is 10.2 Å². The molecule has 2 aliphatic heterocycles. The number of rotatable bonds is 0. The van der Waals surface area contributed by atoms with E-state index in [1.807, 2.05) is 0 Å². The highest BCUT2D eigenvalue weighted by Crippen LogP contribution is 2.40. The normalized spacial score (nSPS) is 34.1. The minimum absolute atomic E-state index is 0.421. The van der Waals surface area contributed by atoms with E-state index in [0.717, 1.165) is 6.04 Å². The number of hydrogen-bond donors (Lipinski definition) is 1. The summed E-state index contributed by atoms with van der Waals surface area (Å²) in [6.45, 7) is 0. The number of nitrogens with zero attached hydrogens (tertiary/aromatic N) is 1. The van der Waals surface area contributed by atoms with Crippen LogP contribution in [0.5, 0.6) is 0 Å². The monoisotopic (exact) mass is 226 g/mol. The van der Waals surface area contributed by atoms with Crippen LogP contribution in [0.2, 0.25) is 0 Å². The van der Waals surface area contributed by atoms with Gasteiger partial charge in [0.2, 0.25) is 0 Å². The predicted octanol–water partition coefficient (Wildman–Crippen LogP) is 2.89. The standard InChI is InChI=1S/C15H18N2/c1-2-6-12-11(5-1)9-10-17-14-8-4-3-7-13(14)16-15(12)17/h1-2,5-6,9-10,13-16H,3-4,7-8H2. The maximum atomic E-state index is 3.83. The van der Waals surface area contributed by atoms with Gasteiger partial charge in [0.15, 0.2) is 0 Å². The summed E-state index contributed by atoms with van der Waals surface area (Å²) >= 11 is 0. The summed E-state index contributed by atoms with van der Waals surface area (Å²) in [7, 11) is 0. The topological polar surface area (TPSA) is 15.3 Å². The van der Waals surface area contributed by atoms with E-state index >= 15 is 0 Å². The lowest BCUT2D eigenvalue weighted by molar-refractivity contribution is 0.234. The first kappa shape index (κ1) is 9.72. The molecule has 1 saturated carbocycles. The van der Waals surface area contributed by atoms with E-state index in [-0.39, 0.29) is 0 Å². The molecule has 1 aromatic carbocycles. The lowest BCUT2D eigenvalue weighted by Gasteiger charge is -2.34. The first-order valence-electron chi connectivity index (χ1n) is 6.74. The van der Waals surface area contributed by atoms with E-state index in [2.05, 4.69) is 46.8 Å². The van der Waals surface area contributed by atoms with Crippen LogP contribution in [0.25, 0.3) is 6.08 Å². The fourth-order valence-electron chi connectivity index (χ4n) is 3.67. The summed E-state index contributed by atoms with van der Waals surface area (Å²) in [6.07, 6.45) is 10.5. The maximum absolute atomic E-state index is 3.83. The Hall–Kier alpha value is -1.28. The largest absolute Gasteiger partial charge is 0.354 e. The molecule has 3 atom stereocenters. The van der Waals surface area contributed by atoms with Gasteiger partial charge in [-0.2, -0.15) is 0 Å². The molecular formula is C15H18N2. The van der Waals surface area contributed by atoms with Crippen LogP contribution in [0.4, 0.5) is 0 Å². The van der Waals surface area contributed by atoms with E-state index in [4.69, 9.17) is 0 Å². The van der Waals surface area contributed by atoms with E-state index in [1.165, 1.54) is 36.8 Å². The van der Waals surface area contributed by atoms with Gasteiger partial charge in [0, 0.05) is 18.3 Å². The van der Waals surface area contributed by atoms with Crippen LogP contribution in [-0.4, -0.2) is 17.0 Å². The molecule has 1 aromatic rings. The van der Waals surface area contributed by atoms with Crippen LogP contribution in [0.1, 0.15) is 43.0 Å². The first-order chi connectivity index (χ1) is 8.43. The van der Waals surface area contributed by atoms with E-state index < -0.39 is 0 Å². The molecule has 0 bridgehead atoms. The first-order valence-corrected chi connectivity index (χ1v) is 6.74. The Morgan fingerprint density at radius 1 is 1.12 bits per heavy atom. The van der Waals surface area contributed by atoms with Crippen LogP contribution < -0.4 is 5.32 Å². The third-order valence-corrected chi connectivity index (χ3v) is 4.50. The highest BCUT2D eigenvalue weighted by Gasteiger charge is 2.42. The second-order valence-corrected chi connectivity index (χ2v) is 5.42. The van der Waals surface area contributed by atoms with E-state index in [1.54, 1.807) is 0 Å². The molecule has 2 heteroatoms. The van der Waals surface area contributed by atoms with Gasteiger partial charge in [-0.05, 0) is 30.0 Å². The summed E-state index contributed by atoms with van der Waals surface area (Å²) in [6, 6.07) is 10.2. The zero-order chi connectivity index (χ0) is 11.2. The van der Waals surface area contributed by atoms with Crippen molar-refractivity contribution in [1.29, 1.82) is 0 Å². The van der Waals surface area contributed by atoms with Crippen molar-refractivity contribution in [3.8, 4) is 0 Å². The summed E-state index contributed by atoms with van der Waals surface area (Å²) in [5.41, 5.74) is 2.82. The van der Waals surface area contributed by atoms with Gasteiger partial charge in [-0.15, -0.1) is 0 Å². The number of fused-ring (bicyclic) bond motifs is 5. The molecule has 2 nitrogen and oxygen atoms in total. The molecule has 0 spiro atoms. The van der Waals surface area contributed by atoms with Gasteiger partial charge in [0.25, 0.3) is 0 Å². The minimum Gasteiger partial charge on any atom is -0.354 e. The fraction of sp³-hybridized carbons (Fsp3) is 0.467. The van der Waals surface area contributed by atoms with Crippen LogP contribution >= 0.6 is 0 Å². The molecule has 1 aliphatic carbocycles.